The van der Waals surface area contributed by atoms with Crippen molar-refractivity contribution >= 4 is 11.9 Å². The molecule has 1 aromatic carbocycles. The maximum Gasteiger partial charge on any atom is 0.416 e. The monoisotopic (exact) mass is 465 g/mol. The van der Waals surface area contributed by atoms with E-state index in [9.17, 15) is 22.8 Å². The maximum atomic E-state index is 13.2. The van der Waals surface area contributed by atoms with Gasteiger partial charge in [0.1, 0.15) is 6.54 Å². The van der Waals surface area contributed by atoms with E-state index in [-0.39, 0.29) is 0 Å². The van der Waals surface area contributed by atoms with Crippen molar-refractivity contribution in [3.8, 4) is 0 Å². The lowest BCUT2D eigenvalue weighted by atomic mass is 10.0. The molecule has 1 aromatic rings. The number of nitrogens with zero attached hydrogens (tertiary/aromatic N) is 1. The highest BCUT2D eigenvalue weighted by atomic mass is 19.4. The lowest BCUT2D eigenvalue weighted by Crippen LogP contribution is -2.48. The van der Waals surface area contributed by atoms with Gasteiger partial charge in [-0.05, 0) is 6.07 Å². The van der Waals surface area contributed by atoms with Crippen molar-refractivity contribution in [3.05, 3.63) is 35.4 Å². The molecule has 3 unspecified atom stereocenters. The maximum absolute atomic E-state index is 13.2. The van der Waals surface area contributed by atoms with Gasteiger partial charge < -0.3 is 30.6 Å². The summed E-state index contributed by atoms with van der Waals surface area (Å²) in [7, 11) is 0. The first kappa shape index (κ1) is 27.8. The Morgan fingerprint density at radius 2 is 1.66 bits per heavy atom. The predicted molar refractivity (Wildman–Crippen MR) is 109 cm³/mol. The number of likely N-dealkylation sites (tertiary alicyclic amines) is 1. The zero-order chi connectivity index (χ0) is 24.7. The van der Waals surface area contributed by atoms with E-state index in [0.29, 0.717) is 30.5 Å². The third-order valence-electron chi connectivity index (χ3n) is 5.38. The quantitative estimate of drug-likeness (QED) is 0.367. The highest BCUT2D eigenvalue weighted by Crippen LogP contribution is 2.35. The Morgan fingerprint density at radius 3 is 2.06 bits per heavy atom. The van der Waals surface area contributed by atoms with Gasteiger partial charge in [0.2, 0.25) is 0 Å². The molecule has 2 rings (SSSR count). The first-order valence-electron chi connectivity index (χ1n) is 10.2. The van der Waals surface area contributed by atoms with Gasteiger partial charge in [0.25, 0.3) is 0 Å². The summed E-state index contributed by atoms with van der Waals surface area (Å²) in [6, 6.07) is 5.98. The number of carbonyl (C=O) groups is 2. The van der Waals surface area contributed by atoms with Gasteiger partial charge in [-0.15, -0.1) is 0 Å². The molecule has 0 aliphatic carbocycles. The van der Waals surface area contributed by atoms with Gasteiger partial charge in [0, 0.05) is 30.4 Å². The Labute approximate surface area is 184 Å². The molecular formula is C21H32F3N2O6+. The summed E-state index contributed by atoms with van der Waals surface area (Å²) < 4.78 is 40.4. The fourth-order valence-corrected chi connectivity index (χ4v) is 4.09. The highest BCUT2D eigenvalue weighted by molar-refractivity contribution is 5.83. The second-order valence-electron chi connectivity index (χ2n) is 8.59. The Bertz CT molecular complexity index is 756. The minimum absolute atomic E-state index is 0.410. The van der Waals surface area contributed by atoms with E-state index < -0.39 is 35.9 Å². The third kappa shape index (κ3) is 8.05. The van der Waals surface area contributed by atoms with Crippen LogP contribution >= 0.6 is 0 Å². The summed E-state index contributed by atoms with van der Waals surface area (Å²) in [5.74, 6) is -2.66. The summed E-state index contributed by atoms with van der Waals surface area (Å²) in [6.07, 6.45) is -7.81. The molecule has 182 valence electrons. The Morgan fingerprint density at radius 1 is 1.12 bits per heavy atom. The van der Waals surface area contributed by atoms with Crippen molar-refractivity contribution in [2.45, 2.75) is 45.2 Å². The molecule has 4 atom stereocenters. The molecule has 1 aliphatic heterocycles. The molecule has 8 nitrogen and oxygen atoms in total. The van der Waals surface area contributed by atoms with Gasteiger partial charge in [-0.25, -0.2) is 9.59 Å². The Balaban J connectivity index is 0.000000433. The minimum atomic E-state index is -4.29. The van der Waals surface area contributed by atoms with Crippen molar-refractivity contribution in [1.29, 1.82) is 0 Å². The summed E-state index contributed by atoms with van der Waals surface area (Å²) in [5, 5.41) is 32.5. The van der Waals surface area contributed by atoms with Crippen LogP contribution in [0.1, 0.15) is 31.4 Å². The first-order chi connectivity index (χ1) is 14.7. The number of rotatable bonds is 8. The molecule has 32 heavy (non-hydrogen) atoms. The number of quaternary nitrogens is 1. The fourth-order valence-electron chi connectivity index (χ4n) is 4.09. The number of nitrogens with two attached hydrogens (primary N) is 1. The topological polar surface area (TPSA) is 141 Å². The van der Waals surface area contributed by atoms with Crippen molar-refractivity contribution in [3.63, 3.8) is 0 Å². The molecule has 0 saturated carbocycles. The van der Waals surface area contributed by atoms with Crippen molar-refractivity contribution < 1.29 is 47.7 Å². The fraction of sp³-hybridized carbons (Fsp3) is 0.619. The zero-order valence-electron chi connectivity index (χ0n) is 18.1. The van der Waals surface area contributed by atoms with Crippen LogP contribution in [0.5, 0.6) is 0 Å². The summed E-state index contributed by atoms with van der Waals surface area (Å²) in [6.45, 7) is 8.05. The molecule has 0 bridgehead atoms. The molecule has 1 saturated heterocycles. The highest BCUT2D eigenvalue weighted by Gasteiger charge is 2.41. The lowest BCUT2D eigenvalue weighted by molar-refractivity contribution is -0.933. The largest absolute Gasteiger partial charge is 0.479 e. The molecule has 1 heterocycles. The van der Waals surface area contributed by atoms with Crippen molar-refractivity contribution in [1.82, 2.24) is 0 Å². The summed E-state index contributed by atoms with van der Waals surface area (Å²) in [5.41, 5.74) is 5.71. The Hall–Kier alpha value is -2.21. The number of aliphatic hydroxyl groups excluding tert-OH is 2. The minimum Gasteiger partial charge on any atom is -0.479 e. The molecule has 6 N–H and O–H groups in total. The third-order valence-corrected chi connectivity index (χ3v) is 5.38. The van der Waals surface area contributed by atoms with E-state index >= 15 is 0 Å². The van der Waals surface area contributed by atoms with E-state index in [1.807, 2.05) is 0 Å². The second-order valence-corrected chi connectivity index (χ2v) is 8.59. The number of halogens is 3. The van der Waals surface area contributed by atoms with Crippen LogP contribution in [-0.2, 0) is 22.3 Å². The number of benzene rings is 1. The first-order valence-corrected chi connectivity index (χ1v) is 10.2. The number of carboxylic acids is 2. The van der Waals surface area contributed by atoms with E-state index in [4.69, 9.17) is 26.2 Å². The van der Waals surface area contributed by atoms with E-state index in [0.717, 1.165) is 30.5 Å². The number of alkyl halides is 3. The van der Waals surface area contributed by atoms with Crippen LogP contribution in [-0.4, -0.2) is 75.2 Å². The Kier molecular flexibility index (Phi) is 10.1. The van der Waals surface area contributed by atoms with Crippen molar-refractivity contribution in [2.24, 2.45) is 17.6 Å². The van der Waals surface area contributed by atoms with E-state index in [1.54, 1.807) is 12.1 Å². The van der Waals surface area contributed by atoms with Crippen LogP contribution in [0.4, 0.5) is 13.2 Å². The van der Waals surface area contributed by atoms with Crippen LogP contribution in [0.15, 0.2) is 24.3 Å². The van der Waals surface area contributed by atoms with Gasteiger partial charge in [0.05, 0.1) is 25.2 Å². The van der Waals surface area contributed by atoms with Crippen LogP contribution in [0.2, 0.25) is 0 Å². The summed E-state index contributed by atoms with van der Waals surface area (Å²) >= 11 is 0. The van der Waals surface area contributed by atoms with E-state index in [2.05, 4.69) is 13.8 Å². The van der Waals surface area contributed by atoms with Crippen LogP contribution < -0.4 is 5.73 Å². The molecule has 0 radical (unpaired) electrons. The van der Waals surface area contributed by atoms with Gasteiger partial charge in [-0.2, -0.15) is 13.2 Å². The second kappa shape index (κ2) is 11.6. The average Bonchev–Trinajstić information content (AvgIpc) is 3.08. The number of hydrogen-bond donors (Lipinski definition) is 5. The van der Waals surface area contributed by atoms with Gasteiger partial charge in [-0.3, -0.25) is 0 Å². The van der Waals surface area contributed by atoms with Gasteiger partial charge >= 0.3 is 18.1 Å². The normalized spacial score (nSPS) is 22.7. The molecular weight excluding hydrogens is 433 g/mol. The number of carboxylic acid groups (broad SMARTS) is 2. The number of aliphatic hydroxyl groups is 2. The predicted octanol–water partition coefficient (Wildman–Crippen LogP) is 1.53. The molecule has 1 aliphatic rings. The van der Waals surface area contributed by atoms with E-state index in [1.165, 1.54) is 12.1 Å². The van der Waals surface area contributed by atoms with Gasteiger partial charge in [0.15, 0.2) is 12.2 Å². The van der Waals surface area contributed by atoms with Gasteiger partial charge in [-0.1, -0.05) is 32.0 Å². The van der Waals surface area contributed by atoms with Crippen molar-refractivity contribution in [2.75, 3.05) is 26.2 Å². The number of hydrogen-bond acceptors (Lipinski definition) is 5. The average molecular weight is 465 g/mol. The lowest BCUT2D eigenvalue weighted by Gasteiger charge is -2.37. The standard InChI is InChI=1S/C17H26F3N2.C4H6O6/c1-13(2)10-22(8-7-14(9-21)11-22)12-15-5-3-4-6-16(15)17(18,19)20;5-1(3(7)8)2(6)4(9)10/h3-6,13-14H,7-12,21H2,1-2H3;1-2,5-6H,(H,7,8)(H,9,10)/q+1;/t14-,22?;/m1./s1. The molecule has 0 aromatic heterocycles. The van der Waals surface area contributed by atoms with Crippen LogP contribution in [0, 0.1) is 11.8 Å². The molecule has 0 spiro atoms. The zero-order valence-corrected chi connectivity index (χ0v) is 18.1. The van der Waals surface area contributed by atoms with Crippen LogP contribution in [0.3, 0.4) is 0 Å². The molecule has 11 heteroatoms. The number of aliphatic carboxylic acids is 2. The smallest absolute Gasteiger partial charge is 0.416 e. The summed E-state index contributed by atoms with van der Waals surface area (Å²) in [4.78, 5) is 19.5. The molecule has 0 amide bonds. The SMILES string of the molecule is CC(C)C[N+]1(Cc2ccccc2C(F)(F)F)CC[C@H](CN)C1.O=C(O)C(O)C(O)C(=O)O. The van der Waals surface area contributed by atoms with Crippen LogP contribution in [0.25, 0.3) is 0 Å². The molecule has 1 fully saturated rings.